The summed E-state index contributed by atoms with van der Waals surface area (Å²) in [7, 11) is 1.23. The minimum absolute atomic E-state index is 0.585. The van der Waals surface area contributed by atoms with Crippen molar-refractivity contribution in [3.63, 3.8) is 0 Å². The van der Waals surface area contributed by atoms with Crippen LogP contribution in [0.1, 0.15) is 13.8 Å². The van der Waals surface area contributed by atoms with Gasteiger partial charge in [0.15, 0.2) is 11.8 Å². The van der Waals surface area contributed by atoms with Crippen molar-refractivity contribution in [2.75, 3.05) is 7.11 Å². The lowest BCUT2D eigenvalue weighted by molar-refractivity contribution is -0.166. The maximum atomic E-state index is 11.9. The molecule has 9 nitrogen and oxygen atoms in total. The van der Waals surface area contributed by atoms with E-state index in [2.05, 4.69) is 14.8 Å². The first-order valence-corrected chi connectivity index (χ1v) is 6.24. The van der Waals surface area contributed by atoms with Crippen molar-refractivity contribution >= 4 is 11.9 Å². The Balaban J connectivity index is 2.26. The molecule has 0 amide bonds. The number of cyclic esters (lactones) is 1. The Kier molecular flexibility index (Phi) is 4.17. The zero-order chi connectivity index (χ0) is 15.6. The number of azide groups is 1. The van der Waals surface area contributed by atoms with Crippen LogP contribution in [0.4, 0.5) is 0 Å². The molecular weight excluding hydrogens is 282 g/mol. The number of hydrogen-bond donors (Lipinski definition) is 0. The summed E-state index contributed by atoms with van der Waals surface area (Å²) >= 11 is 0. The van der Waals surface area contributed by atoms with E-state index in [4.69, 9.17) is 19.7 Å². The van der Waals surface area contributed by atoms with Crippen molar-refractivity contribution in [1.29, 1.82) is 0 Å². The molecule has 0 aromatic rings. The van der Waals surface area contributed by atoms with Gasteiger partial charge in [0, 0.05) is 11.0 Å². The lowest BCUT2D eigenvalue weighted by atomic mass is 9.98. The van der Waals surface area contributed by atoms with Gasteiger partial charge in [0.25, 0.3) is 0 Å². The van der Waals surface area contributed by atoms with Gasteiger partial charge in [0.2, 0.25) is 0 Å². The number of rotatable bonds is 3. The molecule has 0 N–H and O–H groups in total. The molecule has 2 rings (SSSR count). The lowest BCUT2D eigenvalue weighted by Crippen LogP contribution is -2.52. The Bertz CT molecular complexity index is 525. The van der Waals surface area contributed by atoms with Crippen molar-refractivity contribution in [2.24, 2.45) is 5.11 Å². The van der Waals surface area contributed by atoms with Crippen LogP contribution in [0, 0.1) is 0 Å². The van der Waals surface area contributed by atoms with Gasteiger partial charge in [-0.05, 0) is 25.5 Å². The molecule has 0 bridgehead atoms. The number of ether oxygens (including phenoxy) is 4. The fraction of sp³-hybridized carbons (Fsp3) is 0.667. The van der Waals surface area contributed by atoms with Crippen molar-refractivity contribution in [2.45, 2.75) is 44.0 Å². The Labute approximate surface area is 120 Å². The third-order valence-corrected chi connectivity index (χ3v) is 3.09. The quantitative estimate of drug-likeness (QED) is 0.250. The van der Waals surface area contributed by atoms with Crippen LogP contribution >= 0.6 is 0 Å². The van der Waals surface area contributed by atoms with Crippen LogP contribution in [0.25, 0.3) is 10.4 Å². The number of fused-ring (bicyclic) bond motifs is 1. The van der Waals surface area contributed by atoms with Gasteiger partial charge >= 0.3 is 11.9 Å². The summed E-state index contributed by atoms with van der Waals surface area (Å²) in [5, 5.41) is 3.40. The molecule has 114 valence electrons. The summed E-state index contributed by atoms with van der Waals surface area (Å²) < 4.78 is 20.9. The van der Waals surface area contributed by atoms with E-state index >= 15 is 0 Å². The Morgan fingerprint density at radius 1 is 1.43 bits per heavy atom. The zero-order valence-electron chi connectivity index (χ0n) is 11.8. The smallest absolute Gasteiger partial charge is 0.330 e. The second kappa shape index (κ2) is 5.72. The highest BCUT2D eigenvalue weighted by Gasteiger charge is 2.54. The topological polar surface area (TPSA) is 120 Å². The zero-order valence-corrected chi connectivity index (χ0v) is 11.8. The molecule has 2 aliphatic rings. The molecule has 0 aromatic heterocycles. The molecule has 21 heavy (non-hydrogen) atoms. The van der Waals surface area contributed by atoms with E-state index in [0.29, 0.717) is 0 Å². The summed E-state index contributed by atoms with van der Waals surface area (Å²) in [5.74, 6) is -2.27. The van der Waals surface area contributed by atoms with Gasteiger partial charge in [-0.15, -0.1) is 0 Å². The lowest BCUT2D eigenvalue weighted by Gasteiger charge is -2.32. The summed E-state index contributed by atoms with van der Waals surface area (Å²) in [6.45, 7) is 3.34. The third-order valence-electron chi connectivity index (χ3n) is 3.09. The largest absolute Gasteiger partial charge is 0.466 e. The molecule has 4 atom stereocenters. The van der Waals surface area contributed by atoms with E-state index in [0.717, 1.165) is 6.08 Å². The van der Waals surface area contributed by atoms with Gasteiger partial charge in [0.05, 0.1) is 7.11 Å². The second-order valence-corrected chi connectivity index (χ2v) is 5.00. The molecule has 2 heterocycles. The van der Waals surface area contributed by atoms with Crippen LogP contribution in [0.15, 0.2) is 17.3 Å². The predicted molar refractivity (Wildman–Crippen MR) is 67.8 cm³/mol. The molecule has 0 saturated carbocycles. The maximum Gasteiger partial charge on any atom is 0.330 e. The van der Waals surface area contributed by atoms with Gasteiger partial charge in [0.1, 0.15) is 18.3 Å². The fourth-order valence-corrected chi connectivity index (χ4v) is 2.28. The maximum absolute atomic E-state index is 11.9. The number of nitrogens with zero attached hydrogens (tertiary/aromatic N) is 3. The molecular formula is C12H15N3O6. The highest BCUT2D eigenvalue weighted by atomic mass is 16.8. The van der Waals surface area contributed by atoms with Gasteiger partial charge in [-0.25, -0.2) is 4.79 Å². The van der Waals surface area contributed by atoms with Crippen molar-refractivity contribution in [3.05, 3.63) is 22.6 Å². The molecule has 2 fully saturated rings. The number of carbonyl (C=O) groups excluding carboxylic acids is 2. The van der Waals surface area contributed by atoms with Crippen LogP contribution in [0.3, 0.4) is 0 Å². The average molecular weight is 297 g/mol. The van der Waals surface area contributed by atoms with Crippen LogP contribution in [0.2, 0.25) is 0 Å². The van der Waals surface area contributed by atoms with Crippen molar-refractivity contribution in [3.8, 4) is 0 Å². The molecule has 0 spiro atoms. The van der Waals surface area contributed by atoms with E-state index in [1.807, 2.05) is 0 Å². The first-order chi connectivity index (χ1) is 9.88. The Morgan fingerprint density at radius 2 is 2.10 bits per heavy atom. The van der Waals surface area contributed by atoms with Crippen LogP contribution < -0.4 is 0 Å². The van der Waals surface area contributed by atoms with Crippen molar-refractivity contribution in [1.82, 2.24) is 0 Å². The van der Waals surface area contributed by atoms with E-state index in [1.54, 1.807) is 13.8 Å². The molecule has 0 aromatic carbocycles. The molecule has 9 heteroatoms. The third kappa shape index (κ3) is 3.15. The number of carbonyl (C=O) groups is 2. The number of esters is 2. The highest BCUT2D eigenvalue weighted by molar-refractivity contribution is 5.82. The van der Waals surface area contributed by atoms with E-state index in [9.17, 15) is 9.59 Å². The van der Waals surface area contributed by atoms with Crippen LogP contribution in [0.5, 0.6) is 0 Å². The molecule has 2 saturated heterocycles. The van der Waals surface area contributed by atoms with E-state index < -0.39 is 42.1 Å². The number of methoxy groups -OCH3 is 1. The minimum Gasteiger partial charge on any atom is -0.466 e. The van der Waals surface area contributed by atoms with Gasteiger partial charge < -0.3 is 18.9 Å². The van der Waals surface area contributed by atoms with Gasteiger partial charge in [-0.1, -0.05) is 5.11 Å². The van der Waals surface area contributed by atoms with Gasteiger partial charge in [-0.2, -0.15) is 0 Å². The molecule has 2 aliphatic heterocycles. The Morgan fingerprint density at radius 3 is 2.71 bits per heavy atom. The normalized spacial score (nSPS) is 34.0. The second-order valence-electron chi connectivity index (χ2n) is 5.00. The summed E-state index contributed by atoms with van der Waals surface area (Å²) in [6.07, 6.45) is 0.225. The standard InChI is InChI=1S/C12H15N3O6/c1-12(2)20-9-6(4-5-7(16)18-3)19-11(17)8(14-15-13)10(9)21-12/h4-6,8-10H,1-3H3/b5-4-/t6-,8+,9-,10-/m1/s1. The monoisotopic (exact) mass is 297 g/mol. The highest BCUT2D eigenvalue weighted by Crippen LogP contribution is 2.37. The predicted octanol–water partition coefficient (Wildman–Crippen LogP) is 0.840. The molecule has 0 aliphatic carbocycles. The SMILES string of the molecule is COC(=O)/C=C\[C@H]1OC(=O)[C@@H](N=[N+]=[N-])[C@H]2OC(C)(C)O[C@@H]21. The first-order valence-electron chi connectivity index (χ1n) is 6.24. The average Bonchev–Trinajstić information content (AvgIpc) is 2.75. The van der Waals surface area contributed by atoms with Crippen LogP contribution in [-0.4, -0.2) is 49.2 Å². The molecule has 0 unspecified atom stereocenters. The fourth-order valence-electron chi connectivity index (χ4n) is 2.28. The van der Waals surface area contributed by atoms with Crippen molar-refractivity contribution < 1.29 is 28.5 Å². The molecule has 0 radical (unpaired) electrons. The van der Waals surface area contributed by atoms with E-state index in [1.165, 1.54) is 13.2 Å². The number of hydrogen-bond acceptors (Lipinski definition) is 7. The van der Waals surface area contributed by atoms with Gasteiger partial charge in [-0.3, -0.25) is 4.79 Å². The van der Waals surface area contributed by atoms with Crippen LogP contribution in [-0.2, 0) is 28.5 Å². The summed E-state index contributed by atoms with van der Waals surface area (Å²) in [4.78, 5) is 25.7. The first kappa shape index (κ1) is 15.3. The summed E-state index contributed by atoms with van der Waals surface area (Å²) in [5.41, 5.74) is 8.54. The van der Waals surface area contributed by atoms with E-state index in [-0.39, 0.29) is 0 Å². The minimum atomic E-state index is -1.12. The summed E-state index contributed by atoms with van der Waals surface area (Å²) in [6, 6.07) is -1.12. The Hall–Kier alpha value is -2.09.